The van der Waals surface area contributed by atoms with E-state index in [0.29, 0.717) is 13.0 Å². The second-order valence-corrected chi connectivity index (χ2v) is 5.25. The third-order valence-electron chi connectivity index (χ3n) is 3.02. The van der Waals surface area contributed by atoms with Crippen molar-refractivity contribution in [3.05, 3.63) is 64.9 Å². The van der Waals surface area contributed by atoms with Crippen molar-refractivity contribution < 1.29 is 4.79 Å². The van der Waals surface area contributed by atoms with Crippen molar-refractivity contribution in [3.63, 3.8) is 0 Å². The maximum atomic E-state index is 11.8. The molecule has 0 aliphatic rings. The minimum absolute atomic E-state index is 0.00590. The number of nitrogens with one attached hydrogen (secondary N) is 2. The highest BCUT2D eigenvalue weighted by molar-refractivity contribution is 6.31. The highest BCUT2D eigenvalue weighted by Crippen LogP contribution is 2.16. The molecule has 5 heteroatoms. The molecule has 1 heterocycles. The molecule has 0 saturated carbocycles. The first-order chi connectivity index (χ1) is 10.1. The molecule has 2 amide bonds. The molecular weight excluding hydrogens is 286 g/mol. The van der Waals surface area contributed by atoms with E-state index in [1.54, 1.807) is 6.20 Å². The van der Waals surface area contributed by atoms with Crippen molar-refractivity contribution in [1.82, 2.24) is 15.6 Å². The molecule has 1 aromatic carbocycles. The van der Waals surface area contributed by atoms with E-state index >= 15 is 0 Å². The van der Waals surface area contributed by atoms with Gasteiger partial charge in [0.1, 0.15) is 0 Å². The SMILES string of the molecule is CC(Cc1ccccc1Cl)NC(=O)NCc1ccccn1. The van der Waals surface area contributed by atoms with E-state index in [1.165, 1.54) is 0 Å². The fourth-order valence-corrected chi connectivity index (χ4v) is 2.21. The molecule has 0 aliphatic carbocycles. The highest BCUT2D eigenvalue weighted by atomic mass is 35.5. The normalized spacial score (nSPS) is 11.7. The van der Waals surface area contributed by atoms with Crippen molar-refractivity contribution in [1.29, 1.82) is 0 Å². The van der Waals surface area contributed by atoms with Gasteiger partial charge in [-0.05, 0) is 37.1 Å². The number of hydrogen-bond acceptors (Lipinski definition) is 2. The molecule has 2 rings (SSSR count). The number of urea groups is 1. The lowest BCUT2D eigenvalue weighted by Gasteiger charge is -2.15. The Bertz CT molecular complexity index is 589. The molecule has 21 heavy (non-hydrogen) atoms. The second kappa shape index (κ2) is 7.64. The van der Waals surface area contributed by atoms with Crippen LogP contribution < -0.4 is 10.6 Å². The van der Waals surface area contributed by atoms with Gasteiger partial charge in [0, 0.05) is 17.3 Å². The van der Waals surface area contributed by atoms with E-state index in [-0.39, 0.29) is 12.1 Å². The predicted molar refractivity (Wildman–Crippen MR) is 84.2 cm³/mol. The Kier molecular flexibility index (Phi) is 5.58. The average molecular weight is 304 g/mol. The number of hydrogen-bond donors (Lipinski definition) is 2. The van der Waals surface area contributed by atoms with Crippen molar-refractivity contribution in [2.45, 2.75) is 25.9 Å². The lowest BCUT2D eigenvalue weighted by Crippen LogP contribution is -2.41. The number of nitrogens with zero attached hydrogens (tertiary/aromatic N) is 1. The van der Waals surface area contributed by atoms with Crippen molar-refractivity contribution >= 4 is 17.6 Å². The Labute approximate surface area is 129 Å². The van der Waals surface area contributed by atoms with Crippen LogP contribution in [0.4, 0.5) is 4.79 Å². The van der Waals surface area contributed by atoms with E-state index in [2.05, 4.69) is 15.6 Å². The van der Waals surface area contributed by atoms with Crippen molar-refractivity contribution in [2.75, 3.05) is 0 Å². The summed E-state index contributed by atoms with van der Waals surface area (Å²) in [5.74, 6) is 0. The Morgan fingerprint density at radius 2 is 2.00 bits per heavy atom. The molecule has 4 nitrogen and oxygen atoms in total. The predicted octanol–water partition coefficient (Wildman–Crippen LogP) is 3.17. The van der Waals surface area contributed by atoms with Gasteiger partial charge in [0.05, 0.1) is 12.2 Å². The summed E-state index contributed by atoms with van der Waals surface area (Å²) in [7, 11) is 0. The van der Waals surface area contributed by atoms with E-state index in [9.17, 15) is 4.79 Å². The standard InChI is InChI=1S/C16H18ClN3O/c1-12(10-13-6-2-3-8-15(13)17)20-16(21)19-11-14-7-4-5-9-18-14/h2-9,12H,10-11H2,1H3,(H2,19,20,21). The maximum absolute atomic E-state index is 11.8. The van der Waals surface area contributed by atoms with Crippen LogP contribution in [0.2, 0.25) is 5.02 Å². The monoisotopic (exact) mass is 303 g/mol. The third kappa shape index (κ3) is 5.08. The number of aromatic nitrogens is 1. The molecule has 2 aromatic rings. The van der Waals surface area contributed by atoms with E-state index in [4.69, 9.17) is 11.6 Å². The van der Waals surface area contributed by atoms with Gasteiger partial charge in [-0.25, -0.2) is 4.79 Å². The van der Waals surface area contributed by atoms with Gasteiger partial charge in [-0.3, -0.25) is 4.98 Å². The Hall–Kier alpha value is -2.07. The first-order valence-corrected chi connectivity index (χ1v) is 7.20. The molecular formula is C16H18ClN3O. The van der Waals surface area contributed by atoms with Gasteiger partial charge in [0.2, 0.25) is 0 Å². The zero-order chi connectivity index (χ0) is 15.1. The van der Waals surface area contributed by atoms with Crippen LogP contribution in [0.1, 0.15) is 18.2 Å². The highest BCUT2D eigenvalue weighted by Gasteiger charge is 2.09. The fraction of sp³-hybridized carbons (Fsp3) is 0.250. The minimum atomic E-state index is -0.208. The van der Waals surface area contributed by atoms with E-state index < -0.39 is 0 Å². The summed E-state index contributed by atoms with van der Waals surface area (Å²) in [5, 5.41) is 6.40. The van der Waals surface area contributed by atoms with Crippen LogP contribution in [0, 0.1) is 0 Å². The molecule has 0 spiro atoms. The first kappa shape index (κ1) is 15.3. The zero-order valence-corrected chi connectivity index (χ0v) is 12.6. The van der Waals surface area contributed by atoms with Crippen molar-refractivity contribution in [2.24, 2.45) is 0 Å². The number of halogens is 1. The van der Waals surface area contributed by atoms with Gasteiger partial charge >= 0.3 is 6.03 Å². The van der Waals surface area contributed by atoms with Gasteiger partial charge in [-0.15, -0.1) is 0 Å². The topological polar surface area (TPSA) is 54.0 Å². The zero-order valence-electron chi connectivity index (χ0n) is 11.8. The van der Waals surface area contributed by atoms with Gasteiger partial charge in [-0.2, -0.15) is 0 Å². The fourth-order valence-electron chi connectivity index (χ4n) is 1.99. The summed E-state index contributed by atoms with van der Waals surface area (Å²) < 4.78 is 0. The number of carbonyl (C=O) groups is 1. The average Bonchev–Trinajstić information content (AvgIpc) is 2.48. The molecule has 1 unspecified atom stereocenters. The maximum Gasteiger partial charge on any atom is 0.315 e. The molecule has 0 fully saturated rings. The minimum Gasteiger partial charge on any atom is -0.335 e. The van der Waals surface area contributed by atoms with Crippen LogP contribution in [0.25, 0.3) is 0 Å². The molecule has 1 atom stereocenters. The molecule has 110 valence electrons. The molecule has 1 aromatic heterocycles. The summed E-state index contributed by atoms with van der Waals surface area (Å²) in [4.78, 5) is 16.0. The van der Waals surface area contributed by atoms with E-state index in [1.807, 2.05) is 49.4 Å². The molecule has 0 aliphatic heterocycles. The van der Waals surface area contributed by atoms with Gasteiger partial charge in [-0.1, -0.05) is 35.9 Å². The lowest BCUT2D eigenvalue weighted by atomic mass is 10.1. The van der Waals surface area contributed by atoms with Crippen LogP contribution in [-0.4, -0.2) is 17.1 Å². The quantitative estimate of drug-likeness (QED) is 0.891. The van der Waals surface area contributed by atoms with Crippen LogP contribution in [0.3, 0.4) is 0 Å². The second-order valence-electron chi connectivity index (χ2n) is 4.84. The van der Waals surface area contributed by atoms with Crippen LogP contribution in [0.15, 0.2) is 48.7 Å². The third-order valence-corrected chi connectivity index (χ3v) is 3.39. The summed E-state index contributed by atoms with van der Waals surface area (Å²) in [6.07, 6.45) is 2.39. The summed E-state index contributed by atoms with van der Waals surface area (Å²) >= 11 is 6.11. The molecule has 2 N–H and O–H groups in total. The lowest BCUT2D eigenvalue weighted by molar-refractivity contribution is 0.237. The number of benzene rings is 1. The summed E-state index contributed by atoms with van der Waals surface area (Å²) in [6, 6.07) is 13.0. The largest absolute Gasteiger partial charge is 0.335 e. The Morgan fingerprint density at radius 3 is 2.71 bits per heavy atom. The molecule has 0 bridgehead atoms. The van der Waals surface area contributed by atoms with Gasteiger partial charge < -0.3 is 10.6 Å². The van der Waals surface area contributed by atoms with Gasteiger partial charge in [0.15, 0.2) is 0 Å². The van der Waals surface area contributed by atoms with Crippen LogP contribution >= 0.6 is 11.6 Å². The van der Waals surface area contributed by atoms with Crippen LogP contribution in [-0.2, 0) is 13.0 Å². The van der Waals surface area contributed by atoms with Gasteiger partial charge in [0.25, 0.3) is 0 Å². The summed E-state index contributed by atoms with van der Waals surface area (Å²) in [5.41, 5.74) is 1.85. The molecule has 0 radical (unpaired) electrons. The Morgan fingerprint density at radius 1 is 1.24 bits per heavy atom. The van der Waals surface area contributed by atoms with Crippen molar-refractivity contribution in [3.8, 4) is 0 Å². The first-order valence-electron chi connectivity index (χ1n) is 6.83. The Balaban J connectivity index is 1.78. The summed E-state index contributed by atoms with van der Waals surface area (Å²) in [6.45, 7) is 2.36. The molecule has 0 saturated heterocycles. The van der Waals surface area contributed by atoms with Crippen LogP contribution in [0.5, 0.6) is 0 Å². The number of carbonyl (C=O) groups excluding carboxylic acids is 1. The number of pyridine rings is 1. The number of amides is 2. The number of rotatable bonds is 5. The smallest absolute Gasteiger partial charge is 0.315 e. The van der Waals surface area contributed by atoms with E-state index in [0.717, 1.165) is 16.3 Å².